The molecule has 3 saturated heterocycles. The third-order valence-corrected chi connectivity index (χ3v) is 5.61. The van der Waals surface area contributed by atoms with Crippen molar-refractivity contribution in [3.63, 3.8) is 0 Å². The van der Waals surface area contributed by atoms with Gasteiger partial charge in [0.2, 0.25) is 11.9 Å². The summed E-state index contributed by atoms with van der Waals surface area (Å²) in [5.74, 6) is 1.03. The van der Waals surface area contributed by atoms with Gasteiger partial charge in [-0.2, -0.15) is 0 Å². The van der Waals surface area contributed by atoms with Crippen LogP contribution in [0.4, 0.5) is 5.95 Å². The van der Waals surface area contributed by atoms with E-state index < -0.39 is 0 Å². The lowest BCUT2D eigenvalue weighted by Crippen LogP contribution is -2.46. The molecule has 0 aliphatic carbocycles. The molecular weight excluding hydrogens is 320 g/mol. The Morgan fingerprint density at radius 3 is 2.52 bits per heavy atom. The minimum atomic E-state index is -0.145. The molecule has 3 aliphatic rings. The van der Waals surface area contributed by atoms with Crippen molar-refractivity contribution in [3.05, 3.63) is 18.0 Å². The summed E-state index contributed by atoms with van der Waals surface area (Å²) >= 11 is 0. The van der Waals surface area contributed by atoms with E-state index in [-0.39, 0.29) is 17.4 Å². The molecule has 1 aromatic rings. The van der Waals surface area contributed by atoms with Crippen LogP contribution in [0.5, 0.6) is 0 Å². The van der Waals surface area contributed by atoms with Gasteiger partial charge in [-0.25, -0.2) is 9.97 Å². The van der Waals surface area contributed by atoms with Gasteiger partial charge in [-0.15, -0.1) is 0 Å². The summed E-state index contributed by atoms with van der Waals surface area (Å²) in [4.78, 5) is 25.7. The fourth-order valence-electron chi connectivity index (χ4n) is 4.06. The molecule has 0 bridgehead atoms. The van der Waals surface area contributed by atoms with Crippen LogP contribution in [0.3, 0.4) is 0 Å². The SMILES string of the molecule is Cc1cnc(N2CCC3(CC2)C[C@H](C(=O)N2CCOCC2)CO3)nc1. The first kappa shape index (κ1) is 16.7. The summed E-state index contributed by atoms with van der Waals surface area (Å²) in [7, 11) is 0. The quantitative estimate of drug-likeness (QED) is 0.796. The highest BCUT2D eigenvalue weighted by Crippen LogP contribution is 2.39. The molecule has 0 N–H and O–H groups in total. The zero-order chi connectivity index (χ0) is 17.3. The Morgan fingerprint density at radius 1 is 1.16 bits per heavy atom. The number of morpholine rings is 1. The lowest BCUT2D eigenvalue weighted by molar-refractivity contribution is -0.139. The average Bonchev–Trinajstić information content (AvgIpc) is 3.07. The topological polar surface area (TPSA) is 67.8 Å². The molecule has 0 saturated carbocycles. The summed E-state index contributed by atoms with van der Waals surface area (Å²) in [6.45, 7) is 7.01. The fourth-order valence-corrected chi connectivity index (χ4v) is 4.06. The third kappa shape index (κ3) is 3.48. The van der Waals surface area contributed by atoms with E-state index in [1.807, 2.05) is 24.2 Å². The van der Waals surface area contributed by atoms with Crippen molar-refractivity contribution >= 4 is 11.9 Å². The van der Waals surface area contributed by atoms with E-state index in [9.17, 15) is 4.79 Å². The van der Waals surface area contributed by atoms with E-state index in [1.165, 1.54) is 0 Å². The molecule has 1 spiro atoms. The van der Waals surface area contributed by atoms with Crippen LogP contribution in [0.2, 0.25) is 0 Å². The van der Waals surface area contributed by atoms with Crippen molar-refractivity contribution in [2.45, 2.75) is 31.8 Å². The van der Waals surface area contributed by atoms with Gasteiger partial charge in [-0.1, -0.05) is 0 Å². The molecule has 0 radical (unpaired) electrons. The van der Waals surface area contributed by atoms with Crippen LogP contribution in [0.15, 0.2) is 12.4 Å². The van der Waals surface area contributed by atoms with E-state index in [0.717, 1.165) is 43.9 Å². The molecule has 25 heavy (non-hydrogen) atoms. The number of hydrogen-bond acceptors (Lipinski definition) is 6. The number of anilines is 1. The molecule has 136 valence electrons. The highest BCUT2D eigenvalue weighted by atomic mass is 16.5. The van der Waals surface area contributed by atoms with Crippen molar-refractivity contribution < 1.29 is 14.3 Å². The highest BCUT2D eigenvalue weighted by molar-refractivity contribution is 5.79. The number of aryl methyl sites for hydroxylation is 1. The van der Waals surface area contributed by atoms with Crippen LogP contribution in [-0.2, 0) is 14.3 Å². The minimum absolute atomic E-state index is 0.000255. The van der Waals surface area contributed by atoms with Crippen molar-refractivity contribution in [1.82, 2.24) is 14.9 Å². The second kappa shape index (κ2) is 6.88. The summed E-state index contributed by atoms with van der Waals surface area (Å²) in [5, 5.41) is 0. The van der Waals surface area contributed by atoms with Gasteiger partial charge in [0.15, 0.2) is 0 Å². The van der Waals surface area contributed by atoms with Crippen LogP contribution in [0, 0.1) is 12.8 Å². The smallest absolute Gasteiger partial charge is 0.228 e. The Kier molecular flexibility index (Phi) is 4.60. The number of carbonyl (C=O) groups excluding carboxylic acids is 1. The summed E-state index contributed by atoms with van der Waals surface area (Å²) in [6, 6.07) is 0. The Morgan fingerprint density at radius 2 is 1.84 bits per heavy atom. The van der Waals surface area contributed by atoms with Gasteiger partial charge in [0.05, 0.1) is 31.3 Å². The molecule has 4 heterocycles. The van der Waals surface area contributed by atoms with E-state index in [4.69, 9.17) is 9.47 Å². The second-order valence-corrected chi connectivity index (χ2v) is 7.38. The van der Waals surface area contributed by atoms with Crippen LogP contribution in [-0.4, -0.2) is 72.4 Å². The van der Waals surface area contributed by atoms with Crippen LogP contribution in [0.1, 0.15) is 24.8 Å². The Bertz CT molecular complexity index is 607. The first-order valence-electron chi connectivity index (χ1n) is 9.19. The Balaban J connectivity index is 1.34. The Labute approximate surface area is 148 Å². The first-order chi connectivity index (χ1) is 12.2. The number of amides is 1. The van der Waals surface area contributed by atoms with Gasteiger partial charge in [0, 0.05) is 38.6 Å². The zero-order valence-corrected chi connectivity index (χ0v) is 14.8. The van der Waals surface area contributed by atoms with Gasteiger partial charge < -0.3 is 19.3 Å². The van der Waals surface area contributed by atoms with E-state index in [2.05, 4.69) is 14.9 Å². The number of piperidine rings is 1. The van der Waals surface area contributed by atoms with Crippen molar-refractivity contribution in [2.24, 2.45) is 5.92 Å². The molecule has 3 fully saturated rings. The fraction of sp³-hybridized carbons (Fsp3) is 0.722. The van der Waals surface area contributed by atoms with Gasteiger partial charge >= 0.3 is 0 Å². The van der Waals surface area contributed by atoms with Crippen LogP contribution >= 0.6 is 0 Å². The summed E-state index contributed by atoms with van der Waals surface area (Å²) < 4.78 is 11.5. The molecule has 7 heteroatoms. The number of aromatic nitrogens is 2. The predicted octanol–water partition coefficient (Wildman–Crippen LogP) is 1.02. The molecule has 1 aromatic heterocycles. The van der Waals surface area contributed by atoms with Gasteiger partial charge in [0.1, 0.15) is 0 Å². The van der Waals surface area contributed by atoms with Crippen molar-refractivity contribution in [2.75, 3.05) is 50.9 Å². The first-order valence-corrected chi connectivity index (χ1v) is 9.19. The molecule has 3 aliphatic heterocycles. The third-order valence-electron chi connectivity index (χ3n) is 5.61. The number of nitrogens with zero attached hydrogens (tertiary/aromatic N) is 4. The molecule has 0 aromatic carbocycles. The van der Waals surface area contributed by atoms with E-state index in [0.29, 0.717) is 32.9 Å². The van der Waals surface area contributed by atoms with Crippen LogP contribution in [0.25, 0.3) is 0 Å². The van der Waals surface area contributed by atoms with Gasteiger partial charge in [-0.3, -0.25) is 4.79 Å². The summed E-state index contributed by atoms with van der Waals surface area (Å²) in [5.41, 5.74) is 0.925. The Hall–Kier alpha value is -1.73. The normalized spacial score (nSPS) is 26.2. The van der Waals surface area contributed by atoms with Gasteiger partial charge in [0.25, 0.3) is 0 Å². The van der Waals surface area contributed by atoms with Crippen molar-refractivity contribution in [3.8, 4) is 0 Å². The number of hydrogen-bond donors (Lipinski definition) is 0. The molecule has 7 nitrogen and oxygen atoms in total. The monoisotopic (exact) mass is 346 g/mol. The second-order valence-electron chi connectivity index (χ2n) is 7.38. The average molecular weight is 346 g/mol. The van der Waals surface area contributed by atoms with E-state index >= 15 is 0 Å². The zero-order valence-electron chi connectivity index (χ0n) is 14.8. The number of carbonyl (C=O) groups is 1. The predicted molar refractivity (Wildman–Crippen MR) is 92.4 cm³/mol. The maximum atomic E-state index is 12.7. The van der Waals surface area contributed by atoms with Crippen molar-refractivity contribution in [1.29, 1.82) is 0 Å². The molecule has 4 rings (SSSR count). The lowest BCUT2D eigenvalue weighted by atomic mass is 9.85. The number of ether oxygens (including phenoxy) is 2. The molecule has 0 unspecified atom stereocenters. The molecule has 1 amide bonds. The lowest BCUT2D eigenvalue weighted by Gasteiger charge is -2.38. The summed E-state index contributed by atoms with van der Waals surface area (Å²) in [6.07, 6.45) is 6.41. The van der Waals surface area contributed by atoms with E-state index in [1.54, 1.807) is 0 Å². The van der Waals surface area contributed by atoms with Gasteiger partial charge in [-0.05, 0) is 31.7 Å². The highest BCUT2D eigenvalue weighted by Gasteiger charge is 2.46. The van der Waals surface area contributed by atoms with Crippen LogP contribution < -0.4 is 4.90 Å². The standard InChI is InChI=1S/C18H26N4O3/c1-14-11-19-17(20-12-14)22-4-2-18(3-5-22)10-15(13-25-18)16(23)21-6-8-24-9-7-21/h11-12,15H,2-10,13H2,1H3/t15-/m0/s1. The molecular formula is C18H26N4O3. The maximum Gasteiger partial charge on any atom is 0.228 e. The number of rotatable bonds is 2. The minimum Gasteiger partial charge on any atom is -0.378 e. The largest absolute Gasteiger partial charge is 0.378 e. The molecule has 1 atom stereocenters. The maximum absolute atomic E-state index is 12.7.